The number of aromatic nitrogens is 2. The van der Waals surface area contributed by atoms with Crippen LogP contribution in [-0.2, 0) is 0 Å². The Labute approximate surface area is 137 Å². The molecular formula is C20H21N3. The quantitative estimate of drug-likeness (QED) is 0.715. The number of hydrogen-bond donors (Lipinski definition) is 0. The molecule has 23 heavy (non-hydrogen) atoms. The normalized spacial score (nSPS) is 16.7. The fourth-order valence-corrected chi connectivity index (χ4v) is 3.52. The SMILES string of the molecule is C[C@H](c1cccc(-c2nccc3ncccc23)c1)N1CCCC1. The minimum Gasteiger partial charge on any atom is -0.297 e. The lowest BCUT2D eigenvalue weighted by Crippen LogP contribution is -2.23. The molecule has 1 atom stereocenters. The summed E-state index contributed by atoms with van der Waals surface area (Å²) in [5.74, 6) is 0. The second kappa shape index (κ2) is 6.09. The Morgan fingerprint density at radius 1 is 0.957 bits per heavy atom. The first-order valence-corrected chi connectivity index (χ1v) is 8.37. The highest BCUT2D eigenvalue weighted by Gasteiger charge is 2.19. The van der Waals surface area contributed by atoms with Gasteiger partial charge in [-0.05, 0) is 62.7 Å². The summed E-state index contributed by atoms with van der Waals surface area (Å²) < 4.78 is 0. The molecule has 0 radical (unpaired) electrons. The van der Waals surface area contributed by atoms with Crippen molar-refractivity contribution in [2.75, 3.05) is 13.1 Å². The van der Waals surface area contributed by atoms with Crippen molar-refractivity contribution < 1.29 is 0 Å². The molecule has 3 aromatic rings. The molecule has 3 nitrogen and oxygen atoms in total. The smallest absolute Gasteiger partial charge is 0.0796 e. The lowest BCUT2D eigenvalue weighted by molar-refractivity contribution is 0.263. The van der Waals surface area contributed by atoms with Gasteiger partial charge in [0.25, 0.3) is 0 Å². The van der Waals surface area contributed by atoms with Crippen molar-refractivity contribution in [1.29, 1.82) is 0 Å². The van der Waals surface area contributed by atoms with Crippen LogP contribution in [0.5, 0.6) is 0 Å². The predicted molar refractivity (Wildman–Crippen MR) is 94.2 cm³/mol. The van der Waals surface area contributed by atoms with Gasteiger partial charge in [0.2, 0.25) is 0 Å². The third kappa shape index (κ3) is 2.73. The minimum absolute atomic E-state index is 0.463. The molecule has 1 aliphatic heterocycles. The van der Waals surface area contributed by atoms with Crippen LogP contribution < -0.4 is 0 Å². The van der Waals surface area contributed by atoms with Gasteiger partial charge >= 0.3 is 0 Å². The van der Waals surface area contributed by atoms with Crippen LogP contribution in [0.15, 0.2) is 54.9 Å². The minimum atomic E-state index is 0.463. The summed E-state index contributed by atoms with van der Waals surface area (Å²) in [4.78, 5) is 11.6. The second-order valence-corrected chi connectivity index (χ2v) is 6.27. The molecule has 0 saturated carbocycles. The van der Waals surface area contributed by atoms with Gasteiger partial charge in [0.1, 0.15) is 0 Å². The fourth-order valence-electron chi connectivity index (χ4n) is 3.52. The van der Waals surface area contributed by atoms with Crippen molar-refractivity contribution in [1.82, 2.24) is 14.9 Å². The van der Waals surface area contributed by atoms with E-state index in [1.807, 2.05) is 24.5 Å². The first kappa shape index (κ1) is 14.3. The Kier molecular flexibility index (Phi) is 3.80. The molecule has 0 aliphatic carbocycles. The van der Waals surface area contributed by atoms with E-state index >= 15 is 0 Å². The van der Waals surface area contributed by atoms with Crippen molar-refractivity contribution >= 4 is 10.9 Å². The highest BCUT2D eigenvalue weighted by molar-refractivity contribution is 5.92. The summed E-state index contributed by atoms with van der Waals surface area (Å²) in [6.45, 7) is 4.73. The summed E-state index contributed by atoms with van der Waals surface area (Å²) in [6, 6.07) is 15.3. The molecule has 1 aromatic carbocycles. The molecule has 3 heterocycles. The number of hydrogen-bond acceptors (Lipinski definition) is 3. The number of likely N-dealkylation sites (tertiary alicyclic amines) is 1. The van der Waals surface area contributed by atoms with Crippen molar-refractivity contribution in [2.24, 2.45) is 0 Å². The molecule has 0 bridgehead atoms. The molecular weight excluding hydrogens is 282 g/mol. The standard InChI is InChI=1S/C20H21N3/c1-15(23-12-2-3-13-23)16-6-4-7-17(14-16)20-18-8-5-10-21-19(18)9-11-22-20/h4-11,14-15H,2-3,12-13H2,1H3/t15-/m1/s1. The van der Waals surface area contributed by atoms with E-state index in [2.05, 4.69) is 52.1 Å². The van der Waals surface area contributed by atoms with E-state index in [0.717, 1.165) is 16.6 Å². The van der Waals surface area contributed by atoms with Gasteiger partial charge in [0.15, 0.2) is 0 Å². The molecule has 0 spiro atoms. The maximum absolute atomic E-state index is 4.62. The van der Waals surface area contributed by atoms with Crippen LogP contribution in [0.3, 0.4) is 0 Å². The van der Waals surface area contributed by atoms with Gasteiger partial charge in [-0.3, -0.25) is 14.9 Å². The summed E-state index contributed by atoms with van der Waals surface area (Å²) in [7, 11) is 0. The third-order valence-corrected chi connectivity index (χ3v) is 4.86. The molecule has 1 saturated heterocycles. The third-order valence-electron chi connectivity index (χ3n) is 4.86. The summed E-state index contributed by atoms with van der Waals surface area (Å²) in [6.07, 6.45) is 6.32. The molecule has 2 aromatic heterocycles. The van der Waals surface area contributed by atoms with Crippen LogP contribution in [-0.4, -0.2) is 28.0 Å². The van der Waals surface area contributed by atoms with Crippen molar-refractivity contribution in [2.45, 2.75) is 25.8 Å². The van der Waals surface area contributed by atoms with Gasteiger partial charge in [-0.15, -0.1) is 0 Å². The topological polar surface area (TPSA) is 29.0 Å². The molecule has 0 N–H and O–H groups in total. The van der Waals surface area contributed by atoms with Gasteiger partial charge in [0.05, 0.1) is 11.2 Å². The lowest BCUT2D eigenvalue weighted by atomic mass is 10.0. The monoisotopic (exact) mass is 303 g/mol. The molecule has 116 valence electrons. The van der Waals surface area contributed by atoms with E-state index in [1.54, 1.807) is 0 Å². The van der Waals surface area contributed by atoms with Crippen molar-refractivity contribution in [3.8, 4) is 11.3 Å². The van der Waals surface area contributed by atoms with Gasteiger partial charge in [-0.25, -0.2) is 0 Å². The molecule has 4 rings (SSSR count). The Hall–Kier alpha value is -2.26. The van der Waals surface area contributed by atoms with E-state index in [9.17, 15) is 0 Å². The van der Waals surface area contributed by atoms with Crippen LogP contribution in [0, 0.1) is 0 Å². The Morgan fingerprint density at radius 3 is 2.70 bits per heavy atom. The largest absolute Gasteiger partial charge is 0.297 e. The Bertz CT molecular complexity index is 816. The average Bonchev–Trinajstić information content (AvgIpc) is 3.15. The van der Waals surface area contributed by atoms with Crippen molar-refractivity contribution in [3.63, 3.8) is 0 Å². The van der Waals surface area contributed by atoms with Crippen LogP contribution in [0.2, 0.25) is 0 Å². The zero-order chi connectivity index (χ0) is 15.6. The molecule has 0 amide bonds. The van der Waals surface area contributed by atoms with Gasteiger partial charge in [-0.1, -0.05) is 18.2 Å². The van der Waals surface area contributed by atoms with Crippen molar-refractivity contribution in [3.05, 3.63) is 60.4 Å². The highest BCUT2D eigenvalue weighted by atomic mass is 15.2. The van der Waals surface area contributed by atoms with E-state index in [1.165, 1.54) is 37.1 Å². The first-order valence-electron chi connectivity index (χ1n) is 8.37. The highest BCUT2D eigenvalue weighted by Crippen LogP contribution is 2.30. The average molecular weight is 303 g/mol. The van der Waals surface area contributed by atoms with E-state index in [-0.39, 0.29) is 0 Å². The van der Waals surface area contributed by atoms with Gasteiger partial charge in [-0.2, -0.15) is 0 Å². The fraction of sp³-hybridized carbons (Fsp3) is 0.300. The summed E-state index contributed by atoms with van der Waals surface area (Å²) in [5.41, 5.74) is 4.56. The Balaban J connectivity index is 1.75. The maximum atomic E-state index is 4.62. The number of fused-ring (bicyclic) bond motifs is 1. The molecule has 0 unspecified atom stereocenters. The Morgan fingerprint density at radius 2 is 1.83 bits per heavy atom. The van der Waals surface area contributed by atoms with E-state index in [4.69, 9.17) is 0 Å². The molecule has 1 fully saturated rings. The number of nitrogens with zero attached hydrogens (tertiary/aromatic N) is 3. The summed E-state index contributed by atoms with van der Waals surface area (Å²) >= 11 is 0. The van der Waals surface area contributed by atoms with Crippen LogP contribution in [0.1, 0.15) is 31.4 Å². The van der Waals surface area contributed by atoms with E-state index < -0.39 is 0 Å². The van der Waals surface area contributed by atoms with Gasteiger partial charge < -0.3 is 0 Å². The predicted octanol–water partition coefficient (Wildman–Crippen LogP) is 4.45. The van der Waals surface area contributed by atoms with Crippen LogP contribution >= 0.6 is 0 Å². The first-order chi connectivity index (χ1) is 11.3. The number of pyridine rings is 2. The number of benzene rings is 1. The zero-order valence-corrected chi connectivity index (χ0v) is 13.4. The number of rotatable bonds is 3. The zero-order valence-electron chi connectivity index (χ0n) is 13.4. The van der Waals surface area contributed by atoms with E-state index in [0.29, 0.717) is 6.04 Å². The molecule has 3 heteroatoms. The lowest BCUT2D eigenvalue weighted by Gasteiger charge is -2.24. The second-order valence-electron chi connectivity index (χ2n) is 6.27. The van der Waals surface area contributed by atoms with Crippen LogP contribution in [0.25, 0.3) is 22.2 Å². The van der Waals surface area contributed by atoms with Crippen LogP contribution in [0.4, 0.5) is 0 Å². The maximum Gasteiger partial charge on any atom is 0.0796 e. The van der Waals surface area contributed by atoms with Gasteiger partial charge in [0, 0.05) is 29.4 Å². The summed E-state index contributed by atoms with van der Waals surface area (Å²) in [5, 5.41) is 1.11. The molecule has 1 aliphatic rings.